The van der Waals surface area contributed by atoms with Crippen LogP contribution in [0.3, 0.4) is 0 Å². The molecule has 1 aliphatic rings. The summed E-state index contributed by atoms with van der Waals surface area (Å²) in [6.07, 6.45) is 4.59. The van der Waals surface area contributed by atoms with Crippen LogP contribution in [-0.2, 0) is 10.0 Å². The molecule has 0 aliphatic carbocycles. The molecule has 9 heteroatoms. The topological polar surface area (TPSA) is 105 Å². The minimum atomic E-state index is -3.83. The first-order chi connectivity index (χ1) is 13.0. The van der Waals surface area contributed by atoms with Crippen molar-refractivity contribution in [2.24, 2.45) is 0 Å². The van der Waals surface area contributed by atoms with E-state index in [0.717, 1.165) is 25.6 Å². The van der Waals surface area contributed by atoms with E-state index >= 15 is 0 Å². The van der Waals surface area contributed by atoms with Gasteiger partial charge in [-0.05, 0) is 65.6 Å². The number of likely N-dealkylation sites (tertiary alicyclic amines) is 1. The molecule has 1 atom stereocenters. The smallest absolute Gasteiger partial charge is 0.293 e. The van der Waals surface area contributed by atoms with Crippen LogP contribution in [0, 0.1) is 10.1 Å². The Morgan fingerprint density at radius 1 is 1.29 bits per heavy atom. The Bertz CT molecular complexity index is 790. The van der Waals surface area contributed by atoms with Crippen molar-refractivity contribution in [2.45, 2.75) is 69.9 Å². The van der Waals surface area contributed by atoms with E-state index in [1.54, 1.807) is 20.8 Å². The molecule has 0 bridgehead atoms. The molecule has 0 aromatic heterocycles. The molecule has 1 aromatic rings. The van der Waals surface area contributed by atoms with Gasteiger partial charge >= 0.3 is 0 Å². The van der Waals surface area contributed by atoms with Crippen molar-refractivity contribution in [2.75, 3.05) is 25.0 Å². The number of hydrogen-bond donors (Lipinski definition) is 2. The minimum absolute atomic E-state index is 0.109. The zero-order chi connectivity index (χ0) is 20.9. The molecule has 2 rings (SSSR count). The van der Waals surface area contributed by atoms with E-state index in [1.165, 1.54) is 31.4 Å². The number of nitro groups is 1. The highest BCUT2D eigenvalue weighted by Crippen LogP contribution is 2.28. The van der Waals surface area contributed by atoms with Gasteiger partial charge in [0.05, 0.1) is 9.82 Å². The molecule has 0 amide bonds. The number of anilines is 1. The monoisotopic (exact) mass is 412 g/mol. The predicted octanol–water partition coefficient (Wildman–Crippen LogP) is 3.35. The van der Waals surface area contributed by atoms with E-state index in [2.05, 4.69) is 21.9 Å². The summed E-state index contributed by atoms with van der Waals surface area (Å²) in [5.74, 6) is 0. The molecule has 0 unspecified atom stereocenters. The van der Waals surface area contributed by atoms with Crippen molar-refractivity contribution in [3.05, 3.63) is 28.3 Å². The van der Waals surface area contributed by atoms with Gasteiger partial charge in [0, 0.05) is 30.7 Å². The second kappa shape index (κ2) is 9.19. The van der Waals surface area contributed by atoms with Crippen LogP contribution in [0.2, 0.25) is 0 Å². The Kier molecular flexibility index (Phi) is 7.41. The highest BCUT2D eigenvalue weighted by atomic mass is 32.2. The number of rotatable bonds is 8. The molecule has 1 heterocycles. The van der Waals surface area contributed by atoms with Gasteiger partial charge in [0.2, 0.25) is 10.0 Å². The number of nitrogens with zero attached hydrogens (tertiary/aromatic N) is 2. The van der Waals surface area contributed by atoms with Crippen molar-refractivity contribution in [1.82, 2.24) is 9.62 Å². The molecule has 1 aromatic carbocycles. The summed E-state index contributed by atoms with van der Waals surface area (Å²) in [5.41, 5.74) is -0.564. The maximum Gasteiger partial charge on any atom is 0.293 e. The first kappa shape index (κ1) is 22.6. The Morgan fingerprint density at radius 3 is 2.61 bits per heavy atom. The lowest BCUT2D eigenvalue weighted by Gasteiger charge is -2.33. The highest BCUT2D eigenvalue weighted by Gasteiger charge is 2.25. The lowest BCUT2D eigenvalue weighted by Crippen LogP contribution is -2.40. The van der Waals surface area contributed by atoms with Crippen LogP contribution in [0.15, 0.2) is 23.1 Å². The predicted molar refractivity (Wildman–Crippen MR) is 111 cm³/mol. The molecular weight excluding hydrogens is 380 g/mol. The third-order valence-electron chi connectivity index (χ3n) is 4.79. The largest absolute Gasteiger partial charge is 0.379 e. The summed E-state index contributed by atoms with van der Waals surface area (Å²) >= 11 is 0. The fourth-order valence-corrected chi connectivity index (χ4v) is 4.87. The van der Waals surface area contributed by atoms with E-state index in [1.807, 2.05) is 0 Å². The summed E-state index contributed by atoms with van der Waals surface area (Å²) in [6, 6.07) is 4.57. The maximum absolute atomic E-state index is 12.4. The van der Waals surface area contributed by atoms with Gasteiger partial charge in [0.25, 0.3) is 5.69 Å². The molecule has 1 saturated heterocycles. The van der Waals surface area contributed by atoms with Crippen LogP contribution in [0.1, 0.15) is 53.4 Å². The molecule has 0 saturated carbocycles. The molecule has 28 heavy (non-hydrogen) atoms. The Morgan fingerprint density at radius 2 is 2.00 bits per heavy atom. The number of nitrogens with one attached hydrogen (secondary N) is 2. The summed E-state index contributed by atoms with van der Waals surface area (Å²) in [5, 5.41) is 14.5. The molecule has 0 spiro atoms. The first-order valence-electron chi connectivity index (χ1n) is 9.80. The van der Waals surface area contributed by atoms with Crippen LogP contribution in [-0.4, -0.2) is 49.5 Å². The lowest BCUT2D eigenvalue weighted by molar-refractivity contribution is -0.384. The molecule has 2 N–H and O–H groups in total. The number of benzene rings is 1. The van der Waals surface area contributed by atoms with Crippen molar-refractivity contribution in [3.8, 4) is 0 Å². The van der Waals surface area contributed by atoms with Gasteiger partial charge in [-0.1, -0.05) is 6.42 Å². The minimum Gasteiger partial charge on any atom is -0.379 e. The van der Waals surface area contributed by atoms with E-state index < -0.39 is 20.5 Å². The van der Waals surface area contributed by atoms with E-state index in [9.17, 15) is 18.5 Å². The van der Waals surface area contributed by atoms with Gasteiger partial charge in [-0.2, -0.15) is 0 Å². The molecule has 0 radical (unpaired) electrons. The average Bonchev–Trinajstić information content (AvgIpc) is 2.58. The van der Waals surface area contributed by atoms with Crippen LogP contribution >= 0.6 is 0 Å². The number of hydrogen-bond acceptors (Lipinski definition) is 6. The quantitative estimate of drug-likeness (QED) is 0.385. The average molecular weight is 413 g/mol. The van der Waals surface area contributed by atoms with Crippen molar-refractivity contribution in [1.29, 1.82) is 0 Å². The summed E-state index contributed by atoms with van der Waals surface area (Å²) in [4.78, 5) is 13.2. The zero-order valence-electron chi connectivity index (χ0n) is 17.2. The second-order valence-corrected chi connectivity index (χ2v) is 10.1. The summed E-state index contributed by atoms with van der Waals surface area (Å²) < 4.78 is 27.4. The number of piperidine rings is 1. The SMILES string of the molecule is C[C@H]1CCCCN1CCCNc1ccc(S(=O)(=O)NC(C)(C)C)cc1[N+](=O)[O-]. The normalized spacial score (nSPS) is 18.8. The third kappa shape index (κ3) is 6.42. The van der Waals surface area contributed by atoms with Crippen LogP contribution in [0.4, 0.5) is 11.4 Å². The van der Waals surface area contributed by atoms with Gasteiger partial charge in [0.15, 0.2) is 0 Å². The summed E-state index contributed by atoms with van der Waals surface area (Å²) in [7, 11) is -3.83. The van der Waals surface area contributed by atoms with Gasteiger partial charge in [-0.15, -0.1) is 0 Å². The summed E-state index contributed by atoms with van der Waals surface area (Å²) in [6.45, 7) is 10.0. The van der Waals surface area contributed by atoms with Gasteiger partial charge in [0.1, 0.15) is 5.69 Å². The van der Waals surface area contributed by atoms with Gasteiger partial charge < -0.3 is 10.2 Å². The zero-order valence-corrected chi connectivity index (χ0v) is 18.0. The standard InChI is InChI=1S/C19H32N4O4S/c1-15-8-5-6-12-22(15)13-7-11-20-17-10-9-16(14-18(17)23(24)25)28(26,27)21-19(2,3)4/h9-10,14-15,20-21H,5-8,11-13H2,1-4H3/t15-/m0/s1. The lowest BCUT2D eigenvalue weighted by atomic mass is 10.0. The van der Waals surface area contributed by atoms with Crippen molar-refractivity contribution < 1.29 is 13.3 Å². The molecular formula is C19H32N4O4S. The highest BCUT2D eigenvalue weighted by molar-refractivity contribution is 7.89. The Labute approximate surface area is 167 Å². The van der Waals surface area contributed by atoms with Crippen LogP contribution < -0.4 is 10.0 Å². The van der Waals surface area contributed by atoms with Crippen LogP contribution in [0.25, 0.3) is 0 Å². The fourth-order valence-electron chi connectivity index (χ4n) is 3.44. The number of sulfonamides is 1. The molecule has 8 nitrogen and oxygen atoms in total. The Hall–Kier alpha value is -1.71. The van der Waals surface area contributed by atoms with Crippen LogP contribution in [0.5, 0.6) is 0 Å². The van der Waals surface area contributed by atoms with Crippen molar-refractivity contribution in [3.63, 3.8) is 0 Å². The maximum atomic E-state index is 12.4. The molecule has 158 valence electrons. The van der Waals surface area contributed by atoms with E-state index in [0.29, 0.717) is 18.3 Å². The first-order valence-corrected chi connectivity index (χ1v) is 11.3. The van der Waals surface area contributed by atoms with E-state index in [-0.39, 0.29) is 10.6 Å². The molecule has 1 aliphatic heterocycles. The second-order valence-electron chi connectivity index (χ2n) is 8.45. The molecule has 1 fully saturated rings. The number of nitro benzene ring substituents is 1. The fraction of sp³-hybridized carbons (Fsp3) is 0.684. The van der Waals surface area contributed by atoms with Gasteiger partial charge in [-0.25, -0.2) is 13.1 Å². The Balaban J connectivity index is 2.03. The van der Waals surface area contributed by atoms with Gasteiger partial charge in [-0.3, -0.25) is 10.1 Å². The third-order valence-corrected chi connectivity index (χ3v) is 6.55. The van der Waals surface area contributed by atoms with Crippen molar-refractivity contribution >= 4 is 21.4 Å². The van der Waals surface area contributed by atoms with E-state index in [4.69, 9.17) is 0 Å².